The lowest BCUT2D eigenvalue weighted by Crippen LogP contribution is -2.30. The van der Waals surface area contributed by atoms with Gasteiger partial charge in [-0.05, 0) is 31.7 Å². The van der Waals surface area contributed by atoms with Crippen molar-refractivity contribution in [2.75, 3.05) is 6.61 Å². The van der Waals surface area contributed by atoms with E-state index in [9.17, 15) is 4.79 Å². The molecule has 6 heteroatoms. The van der Waals surface area contributed by atoms with Crippen LogP contribution >= 0.6 is 0 Å². The Morgan fingerprint density at radius 1 is 1.40 bits per heavy atom. The SMILES string of the molecule is O=c1cc(-c2noc([C@]34CCC[C@H]3OCC4)n2)cc[nH]1. The number of aromatic amines is 1. The summed E-state index contributed by atoms with van der Waals surface area (Å²) in [5.41, 5.74) is 0.399. The van der Waals surface area contributed by atoms with Gasteiger partial charge in [-0.15, -0.1) is 0 Å². The van der Waals surface area contributed by atoms with E-state index >= 15 is 0 Å². The van der Waals surface area contributed by atoms with Gasteiger partial charge in [-0.3, -0.25) is 4.79 Å². The predicted octanol–water partition coefficient (Wildman–Crippen LogP) is 1.64. The first-order valence-corrected chi connectivity index (χ1v) is 6.93. The minimum absolute atomic E-state index is 0.105. The summed E-state index contributed by atoms with van der Waals surface area (Å²) in [4.78, 5) is 18.4. The summed E-state index contributed by atoms with van der Waals surface area (Å²) < 4.78 is 11.3. The molecule has 1 aliphatic carbocycles. The molecule has 2 aliphatic rings. The second-order valence-electron chi connectivity index (χ2n) is 5.52. The van der Waals surface area contributed by atoms with Gasteiger partial charge in [-0.2, -0.15) is 4.98 Å². The van der Waals surface area contributed by atoms with Crippen molar-refractivity contribution in [3.63, 3.8) is 0 Å². The summed E-state index contributed by atoms with van der Waals surface area (Å²) in [6.07, 6.45) is 5.96. The zero-order valence-corrected chi connectivity index (χ0v) is 11.0. The summed E-state index contributed by atoms with van der Waals surface area (Å²) in [5, 5.41) is 4.03. The van der Waals surface area contributed by atoms with Crippen LogP contribution < -0.4 is 5.56 Å². The molecule has 1 saturated carbocycles. The number of ether oxygens (including phenoxy) is 1. The van der Waals surface area contributed by atoms with E-state index in [1.165, 1.54) is 6.07 Å². The highest BCUT2D eigenvalue weighted by Gasteiger charge is 2.52. The van der Waals surface area contributed by atoms with Crippen molar-refractivity contribution >= 4 is 0 Å². The zero-order valence-electron chi connectivity index (χ0n) is 11.0. The van der Waals surface area contributed by atoms with Crippen molar-refractivity contribution in [3.05, 3.63) is 34.6 Å². The van der Waals surface area contributed by atoms with Gasteiger partial charge in [0.1, 0.15) is 0 Å². The third-order valence-corrected chi connectivity index (χ3v) is 4.46. The molecule has 0 unspecified atom stereocenters. The van der Waals surface area contributed by atoms with E-state index in [0.29, 0.717) is 17.3 Å². The maximum atomic E-state index is 11.3. The Hall–Kier alpha value is -1.95. The average Bonchev–Trinajstić information content (AvgIpc) is 3.13. The number of aromatic nitrogens is 3. The molecular formula is C14H15N3O3. The maximum Gasteiger partial charge on any atom is 0.248 e. The number of nitrogens with zero attached hydrogens (tertiary/aromatic N) is 2. The van der Waals surface area contributed by atoms with E-state index in [1.54, 1.807) is 12.3 Å². The molecular weight excluding hydrogens is 258 g/mol. The first kappa shape index (κ1) is 11.8. The van der Waals surface area contributed by atoms with Crippen LogP contribution in [-0.4, -0.2) is 27.8 Å². The first-order chi connectivity index (χ1) is 9.78. The quantitative estimate of drug-likeness (QED) is 0.899. The van der Waals surface area contributed by atoms with Crippen LogP contribution in [0.1, 0.15) is 31.6 Å². The number of fused-ring (bicyclic) bond motifs is 1. The third-order valence-electron chi connectivity index (χ3n) is 4.46. The molecule has 0 bridgehead atoms. The van der Waals surface area contributed by atoms with Crippen LogP contribution in [0.3, 0.4) is 0 Å². The molecule has 0 spiro atoms. The number of H-pyrrole nitrogens is 1. The highest BCUT2D eigenvalue weighted by Crippen LogP contribution is 2.48. The normalized spacial score (nSPS) is 28.7. The molecule has 0 amide bonds. The fourth-order valence-corrected chi connectivity index (χ4v) is 3.43. The Morgan fingerprint density at radius 3 is 3.25 bits per heavy atom. The molecule has 2 atom stereocenters. The van der Waals surface area contributed by atoms with Gasteiger partial charge >= 0.3 is 0 Å². The second kappa shape index (κ2) is 4.28. The molecule has 0 radical (unpaired) electrons. The first-order valence-electron chi connectivity index (χ1n) is 6.93. The number of hydrogen-bond acceptors (Lipinski definition) is 5. The van der Waals surface area contributed by atoms with Gasteiger partial charge < -0.3 is 14.2 Å². The average molecular weight is 273 g/mol. The highest BCUT2D eigenvalue weighted by molar-refractivity contribution is 5.52. The van der Waals surface area contributed by atoms with Crippen LogP contribution in [0.4, 0.5) is 0 Å². The molecule has 4 rings (SSSR count). The van der Waals surface area contributed by atoms with Gasteiger partial charge in [0.25, 0.3) is 0 Å². The summed E-state index contributed by atoms with van der Waals surface area (Å²) in [6, 6.07) is 3.24. The molecule has 2 aromatic heterocycles. The number of hydrogen-bond donors (Lipinski definition) is 1. The van der Waals surface area contributed by atoms with Gasteiger partial charge in [0.2, 0.25) is 17.3 Å². The smallest absolute Gasteiger partial charge is 0.248 e. The largest absolute Gasteiger partial charge is 0.377 e. The van der Waals surface area contributed by atoms with E-state index in [-0.39, 0.29) is 17.1 Å². The van der Waals surface area contributed by atoms with Crippen LogP contribution in [0.25, 0.3) is 11.4 Å². The summed E-state index contributed by atoms with van der Waals surface area (Å²) in [5.74, 6) is 1.13. The zero-order chi connectivity index (χ0) is 13.6. The van der Waals surface area contributed by atoms with Crippen LogP contribution in [0.5, 0.6) is 0 Å². The Labute approximate surface area is 115 Å². The molecule has 6 nitrogen and oxygen atoms in total. The monoisotopic (exact) mass is 273 g/mol. The molecule has 2 fully saturated rings. The van der Waals surface area contributed by atoms with Crippen LogP contribution in [0.15, 0.2) is 27.6 Å². The van der Waals surface area contributed by atoms with E-state index in [2.05, 4.69) is 15.1 Å². The van der Waals surface area contributed by atoms with Gasteiger partial charge in [0.05, 0.1) is 11.5 Å². The molecule has 1 saturated heterocycles. The Bertz CT molecular complexity index is 681. The predicted molar refractivity (Wildman–Crippen MR) is 70.2 cm³/mol. The van der Waals surface area contributed by atoms with Crippen LogP contribution in [-0.2, 0) is 10.2 Å². The van der Waals surface area contributed by atoms with Gasteiger partial charge in [0, 0.05) is 24.4 Å². The van der Waals surface area contributed by atoms with Crippen molar-refractivity contribution in [2.24, 2.45) is 0 Å². The van der Waals surface area contributed by atoms with E-state index < -0.39 is 0 Å². The van der Waals surface area contributed by atoms with E-state index in [0.717, 1.165) is 32.3 Å². The second-order valence-corrected chi connectivity index (χ2v) is 5.52. The summed E-state index contributed by atoms with van der Waals surface area (Å²) in [7, 11) is 0. The van der Waals surface area contributed by atoms with Crippen molar-refractivity contribution in [1.29, 1.82) is 0 Å². The van der Waals surface area contributed by atoms with Crippen molar-refractivity contribution in [3.8, 4) is 11.4 Å². The Kier molecular flexibility index (Phi) is 2.53. The summed E-state index contributed by atoms with van der Waals surface area (Å²) >= 11 is 0. The van der Waals surface area contributed by atoms with Crippen molar-refractivity contribution < 1.29 is 9.26 Å². The molecule has 104 valence electrons. The minimum Gasteiger partial charge on any atom is -0.377 e. The lowest BCUT2D eigenvalue weighted by Gasteiger charge is -2.22. The highest BCUT2D eigenvalue weighted by atomic mass is 16.5. The van der Waals surface area contributed by atoms with Gasteiger partial charge in [0.15, 0.2) is 0 Å². The fraction of sp³-hybridized carbons (Fsp3) is 0.500. The summed E-state index contributed by atoms with van der Waals surface area (Å²) in [6.45, 7) is 0.757. The Balaban J connectivity index is 1.74. The molecule has 3 heterocycles. The lowest BCUT2D eigenvalue weighted by atomic mass is 9.83. The van der Waals surface area contributed by atoms with Gasteiger partial charge in [-0.1, -0.05) is 5.16 Å². The molecule has 0 aromatic carbocycles. The standard InChI is InChI=1S/C14H15N3O3/c18-11-8-9(3-6-15-11)12-16-13(20-17-12)14-4-1-2-10(14)19-7-5-14/h3,6,8,10H,1-2,4-5,7H2,(H,15,18)/t10-,14+/m1/s1. The molecule has 2 aromatic rings. The van der Waals surface area contributed by atoms with E-state index in [1.807, 2.05) is 0 Å². The van der Waals surface area contributed by atoms with Crippen LogP contribution in [0.2, 0.25) is 0 Å². The topological polar surface area (TPSA) is 81.0 Å². The fourth-order valence-electron chi connectivity index (χ4n) is 3.43. The van der Waals surface area contributed by atoms with E-state index in [4.69, 9.17) is 9.26 Å². The van der Waals surface area contributed by atoms with Gasteiger partial charge in [-0.25, -0.2) is 0 Å². The molecule has 20 heavy (non-hydrogen) atoms. The number of rotatable bonds is 2. The number of pyridine rings is 1. The maximum absolute atomic E-state index is 11.3. The third kappa shape index (κ3) is 1.64. The molecule has 1 aliphatic heterocycles. The molecule has 1 N–H and O–H groups in total. The van der Waals surface area contributed by atoms with Crippen molar-refractivity contribution in [1.82, 2.24) is 15.1 Å². The Morgan fingerprint density at radius 2 is 2.35 bits per heavy atom. The minimum atomic E-state index is -0.171. The van der Waals surface area contributed by atoms with Crippen molar-refractivity contribution in [2.45, 2.75) is 37.2 Å². The number of nitrogens with one attached hydrogen (secondary N) is 1. The van der Waals surface area contributed by atoms with Crippen LogP contribution in [0, 0.1) is 0 Å². The lowest BCUT2D eigenvalue weighted by molar-refractivity contribution is 0.0847.